The number of nitrogens with zero attached hydrogens (tertiary/aromatic N) is 1. The van der Waals surface area contributed by atoms with Crippen molar-refractivity contribution in [3.63, 3.8) is 0 Å². The zero-order valence-electron chi connectivity index (χ0n) is 11.5. The van der Waals surface area contributed by atoms with Crippen molar-refractivity contribution in [1.82, 2.24) is 4.90 Å². The highest BCUT2D eigenvalue weighted by Gasteiger charge is 2.46. The standard InChI is InChI=1S/C15H19ClFNO2/c1-2-7-15(14(19)20)8-4-9-18(15)10-11-12(16)5-3-6-13(11)17/h3,5-6H,2,4,7-10H2,1H3,(H,19,20). The normalized spacial score (nSPS) is 23.1. The average molecular weight is 300 g/mol. The maximum absolute atomic E-state index is 13.9. The molecule has 0 aliphatic carbocycles. The molecule has 20 heavy (non-hydrogen) atoms. The molecule has 3 nitrogen and oxygen atoms in total. The Bertz CT molecular complexity index is 488. The first-order valence-corrected chi connectivity index (χ1v) is 7.30. The number of benzene rings is 1. The molecule has 0 radical (unpaired) electrons. The maximum Gasteiger partial charge on any atom is 0.324 e. The van der Waals surface area contributed by atoms with Gasteiger partial charge in [0, 0.05) is 17.1 Å². The topological polar surface area (TPSA) is 40.5 Å². The summed E-state index contributed by atoms with van der Waals surface area (Å²) in [6.45, 7) is 2.88. The number of hydrogen-bond donors (Lipinski definition) is 1. The van der Waals surface area contributed by atoms with E-state index in [-0.39, 0.29) is 12.4 Å². The van der Waals surface area contributed by atoms with Crippen LogP contribution in [0, 0.1) is 5.82 Å². The second-order valence-corrected chi connectivity index (χ2v) is 5.72. The Labute approximate surface area is 123 Å². The number of likely N-dealkylation sites (tertiary alicyclic amines) is 1. The van der Waals surface area contributed by atoms with E-state index >= 15 is 0 Å². The minimum atomic E-state index is -0.875. The summed E-state index contributed by atoms with van der Waals surface area (Å²) in [6.07, 6.45) is 2.79. The molecular weight excluding hydrogens is 281 g/mol. The molecule has 1 unspecified atom stereocenters. The molecule has 0 amide bonds. The van der Waals surface area contributed by atoms with E-state index in [0.717, 1.165) is 12.8 Å². The fraction of sp³-hybridized carbons (Fsp3) is 0.533. The zero-order chi connectivity index (χ0) is 14.8. The Morgan fingerprint density at radius 1 is 1.55 bits per heavy atom. The number of hydrogen-bond acceptors (Lipinski definition) is 2. The third-order valence-electron chi connectivity index (χ3n) is 4.10. The number of halogens is 2. The molecule has 1 N–H and O–H groups in total. The van der Waals surface area contributed by atoms with Crippen LogP contribution in [0.25, 0.3) is 0 Å². The summed E-state index contributed by atoms with van der Waals surface area (Å²) in [4.78, 5) is 13.6. The number of aliphatic carboxylic acids is 1. The first kappa shape index (κ1) is 15.3. The second-order valence-electron chi connectivity index (χ2n) is 5.31. The van der Waals surface area contributed by atoms with Crippen LogP contribution in [0.1, 0.15) is 38.2 Å². The molecular formula is C15H19ClFNO2. The van der Waals surface area contributed by atoms with Gasteiger partial charge < -0.3 is 5.11 Å². The molecule has 1 aliphatic rings. The highest BCUT2D eigenvalue weighted by molar-refractivity contribution is 6.31. The van der Waals surface area contributed by atoms with Crippen LogP contribution >= 0.6 is 11.6 Å². The monoisotopic (exact) mass is 299 g/mol. The van der Waals surface area contributed by atoms with Gasteiger partial charge in [0.25, 0.3) is 0 Å². The van der Waals surface area contributed by atoms with Crippen LogP contribution in [0.5, 0.6) is 0 Å². The number of carboxylic acid groups (broad SMARTS) is 1. The van der Waals surface area contributed by atoms with Crippen LogP contribution in [0.3, 0.4) is 0 Å². The molecule has 1 aromatic rings. The van der Waals surface area contributed by atoms with Crippen molar-refractivity contribution in [3.8, 4) is 0 Å². The van der Waals surface area contributed by atoms with Gasteiger partial charge in [-0.05, 0) is 37.9 Å². The van der Waals surface area contributed by atoms with Gasteiger partial charge in [-0.1, -0.05) is 31.0 Å². The summed E-state index contributed by atoms with van der Waals surface area (Å²) in [7, 11) is 0. The Morgan fingerprint density at radius 2 is 2.30 bits per heavy atom. The molecule has 0 spiro atoms. The van der Waals surface area contributed by atoms with Gasteiger partial charge in [-0.15, -0.1) is 0 Å². The van der Waals surface area contributed by atoms with Gasteiger partial charge >= 0.3 is 5.97 Å². The molecule has 0 aromatic heterocycles. The lowest BCUT2D eigenvalue weighted by atomic mass is 9.90. The van der Waals surface area contributed by atoms with Crippen molar-refractivity contribution in [2.45, 2.75) is 44.7 Å². The minimum Gasteiger partial charge on any atom is -0.480 e. The first-order chi connectivity index (χ1) is 9.51. The van der Waals surface area contributed by atoms with E-state index in [9.17, 15) is 14.3 Å². The van der Waals surface area contributed by atoms with Gasteiger partial charge in [0.15, 0.2) is 0 Å². The predicted octanol–water partition coefficient (Wildman–Crippen LogP) is 3.70. The number of carboxylic acids is 1. The molecule has 2 rings (SSSR count). The van der Waals surface area contributed by atoms with Crippen molar-refractivity contribution in [3.05, 3.63) is 34.6 Å². The van der Waals surface area contributed by atoms with Crippen molar-refractivity contribution in [2.75, 3.05) is 6.54 Å². The van der Waals surface area contributed by atoms with Crippen LogP contribution in [-0.4, -0.2) is 28.1 Å². The van der Waals surface area contributed by atoms with E-state index in [0.29, 0.717) is 30.0 Å². The molecule has 110 valence electrons. The molecule has 1 aliphatic heterocycles. The van der Waals surface area contributed by atoms with E-state index in [1.165, 1.54) is 6.07 Å². The zero-order valence-corrected chi connectivity index (χ0v) is 12.3. The van der Waals surface area contributed by atoms with E-state index < -0.39 is 11.5 Å². The average Bonchev–Trinajstić information content (AvgIpc) is 2.79. The summed E-state index contributed by atoms with van der Waals surface area (Å²) in [5.74, 6) is -1.19. The van der Waals surface area contributed by atoms with Crippen LogP contribution in [0.4, 0.5) is 4.39 Å². The van der Waals surface area contributed by atoms with Gasteiger partial charge in [0.1, 0.15) is 11.4 Å². The third kappa shape index (κ3) is 2.67. The Morgan fingerprint density at radius 3 is 2.90 bits per heavy atom. The molecule has 5 heteroatoms. The van der Waals surface area contributed by atoms with E-state index in [1.807, 2.05) is 11.8 Å². The van der Waals surface area contributed by atoms with Crippen molar-refractivity contribution in [1.29, 1.82) is 0 Å². The lowest BCUT2D eigenvalue weighted by molar-refractivity contribution is -0.150. The van der Waals surface area contributed by atoms with Crippen molar-refractivity contribution in [2.24, 2.45) is 0 Å². The van der Waals surface area contributed by atoms with Crippen LogP contribution < -0.4 is 0 Å². The van der Waals surface area contributed by atoms with Crippen molar-refractivity contribution >= 4 is 17.6 Å². The molecule has 1 aromatic carbocycles. The van der Waals surface area contributed by atoms with E-state index in [2.05, 4.69) is 0 Å². The van der Waals surface area contributed by atoms with Gasteiger partial charge in [0.2, 0.25) is 0 Å². The largest absolute Gasteiger partial charge is 0.480 e. The fourth-order valence-electron chi connectivity index (χ4n) is 3.08. The summed E-state index contributed by atoms with van der Waals surface area (Å²) in [5, 5.41) is 9.97. The molecule has 0 saturated carbocycles. The Hall–Kier alpha value is -1.13. The molecule has 1 atom stereocenters. The summed E-state index contributed by atoms with van der Waals surface area (Å²) in [5.41, 5.74) is -0.488. The van der Waals surface area contributed by atoms with Gasteiger partial charge in [-0.2, -0.15) is 0 Å². The smallest absolute Gasteiger partial charge is 0.324 e. The quantitative estimate of drug-likeness (QED) is 0.901. The molecule has 1 saturated heterocycles. The van der Waals surface area contributed by atoms with Crippen LogP contribution in [-0.2, 0) is 11.3 Å². The van der Waals surface area contributed by atoms with Gasteiger partial charge in [-0.3, -0.25) is 9.69 Å². The second kappa shape index (κ2) is 6.10. The van der Waals surface area contributed by atoms with E-state index in [1.54, 1.807) is 12.1 Å². The lowest BCUT2D eigenvalue weighted by Gasteiger charge is -2.35. The van der Waals surface area contributed by atoms with Gasteiger partial charge in [0.05, 0.1) is 0 Å². The minimum absolute atomic E-state index is 0.248. The predicted molar refractivity (Wildman–Crippen MR) is 76.3 cm³/mol. The highest BCUT2D eigenvalue weighted by Crippen LogP contribution is 2.36. The molecule has 1 fully saturated rings. The first-order valence-electron chi connectivity index (χ1n) is 6.92. The highest BCUT2D eigenvalue weighted by atomic mass is 35.5. The summed E-state index contributed by atoms with van der Waals surface area (Å²) in [6, 6.07) is 4.56. The lowest BCUT2D eigenvalue weighted by Crippen LogP contribution is -2.50. The third-order valence-corrected chi connectivity index (χ3v) is 4.45. The van der Waals surface area contributed by atoms with Crippen LogP contribution in [0.15, 0.2) is 18.2 Å². The number of carbonyl (C=O) groups is 1. The van der Waals surface area contributed by atoms with Crippen molar-refractivity contribution < 1.29 is 14.3 Å². The Balaban J connectivity index is 2.29. The van der Waals surface area contributed by atoms with Gasteiger partial charge in [-0.25, -0.2) is 4.39 Å². The molecule has 0 bridgehead atoms. The molecule has 1 heterocycles. The fourth-order valence-corrected chi connectivity index (χ4v) is 3.31. The van der Waals surface area contributed by atoms with E-state index in [4.69, 9.17) is 11.6 Å². The Kier molecular flexibility index (Phi) is 4.66. The van der Waals surface area contributed by atoms with Crippen LogP contribution in [0.2, 0.25) is 5.02 Å². The number of rotatable bonds is 5. The summed E-state index contributed by atoms with van der Waals surface area (Å²) < 4.78 is 13.9. The SMILES string of the molecule is CCCC1(C(=O)O)CCCN1Cc1c(F)cccc1Cl. The maximum atomic E-state index is 13.9. The summed E-state index contributed by atoms with van der Waals surface area (Å²) >= 11 is 6.04.